The highest BCUT2D eigenvalue weighted by Gasteiger charge is 2.10. The van der Waals surface area contributed by atoms with Gasteiger partial charge < -0.3 is 0 Å². The van der Waals surface area contributed by atoms with Gasteiger partial charge in [-0.2, -0.15) is 0 Å². The Labute approximate surface area is 91.9 Å². The molecule has 0 aliphatic carbocycles. The normalized spacial score (nSPS) is 13.3. The quantitative estimate of drug-likeness (QED) is 0.662. The fraction of sp³-hybridized carbons (Fsp3) is 0.267. The lowest BCUT2D eigenvalue weighted by molar-refractivity contribution is 0.777. The summed E-state index contributed by atoms with van der Waals surface area (Å²) in [6.07, 6.45) is 0. The molecule has 0 aliphatic rings. The second-order valence-corrected chi connectivity index (χ2v) is 4.41. The van der Waals surface area contributed by atoms with E-state index in [4.69, 9.17) is 0 Å². The summed E-state index contributed by atoms with van der Waals surface area (Å²) >= 11 is 0. The third-order valence-corrected chi connectivity index (χ3v) is 3.14. The first-order chi connectivity index (χ1) is 7.18. The van der Waals surface area contributed by atoms with Gasteiger partial charge in [-0.3, -0.25) is 0 Å². The molecule has 0 amide bonds. The van der Waals surface area contributed by atoms with Crippen LogP contribution < -0.4 is 0 Å². The van der Waals surface area contributed by atoms with Crippen molar-refractivity contribution in [2.24, 2.45) is 0 Å². The van der Waals surface area contributed by atoms with Crippen LogP contribution in [0.1, 0.15) is 32.3 Å². The minimum atomic E-state index is 0.551. The van der Waals surface area contributed by atoms with Gasteiger partial charge in [0.2, 0.25) is 0 Å². The Hall–Kier alpha value is -1.30. The van der Waals surface area contributed by atoms with E-state index in [0.29, 0.717) is 5.92 Å². The molecule has 0 aliphatic heterocycles. The zero-order valence-electron chi connectivity index (χ0n) is 9.62. The largest absolute Gasteiger partial charge is 0.0616 e. The van der Waals surface area contributed by atoms with Gasteiger partial charge in [0.15, 0.2) is 0 Å². The zero-order valence-corrected chi connectivity index (χ0v) is 9.62. The molecule has 0 nitrogen and oxygen atoms in total. The van der Waals surface area contributed by atoms with Crippen LogP contribution in [0.25, 0.3) is 10.8 Å². The molecule has 1 radical (unpaired) electrons. The topological polar surface area (TPSA) is 0 Å². The van der Waals surface area contributed by atoms with E-state index in [2.05, 4.69) is 63.2 Å². The van der Waals surface area contributed by atoms with Crippen molar-refractivity contribution < 1.29 is 0 Å². The summed E-state index contributed by atoms with van der Waals surface area (Å²) in [5, 5.41) is 2.66. The molecule has 0 aromatic heterocycles. The standard InChI is InChI=1S/C15H17/c1-11(2)12(3)14-9-8-13-6-4-5-7-15(13)10-14/h4-10,12H,1-3H3. The first-order valence-corrected chi connectivity index (χ1v) is 5.47. The maximum absolute atomic E-state index is 2.30. The van der Waals surface area contributed by atoms with Gasteiger partial charge in [-0.15, -0.1) is 0 Å². The molecule has 0 heteroatoms. The molecule has 2 aromatic rings. The molecule has 0 heterocycles. The van der Waals surface area contributed by atoms with E-state index < -0.39 is 0 Å². The molecular weight excluding hydrogens is 180 g/mol. The van der Waals surface area contributed by atoms with Gasteiger partial charge in [-0.1, -0.05) is 63.2 Å². The lowest BCUT2D eigenvalue weighted by Crippen LogP contribution is -1.99. The monoisotopic (exact) mass is 197 g/mol. The molecule has 1 atom stereocenters. The van der Waals surface area contributed by atoms with Crippen LogP contribution in [-0.4, -0.2) is 0 Å². The molecule has 0 N–H and O–H groups in total. The summed E-state index contributed by atoms with van der Waals surface area (Å²) in [4.78, 5) is 0. The molecule has 77 valence electrons. The van der Waals surface area contributed by atoms with Gasteiger partial charge in [0, 0.05) is 0 Å². The Morgan fingerprint density at radius 2 is 1.60 bits per heavy atom. The Balaban J connectivity index is 2.47. The van der Waals surface area contributed by atoms with Crippen LogP contribution in [0.5, 0.6) is 0 Å². The number of hydrogen-bond acceptors (Lipinski definition) is 0. The van der Waals surface area contributed by atoms with Crippen LogP contribution in [0.15, 0.2) is 42.5 Å². The van der Waals surface area contributed by atoms with Gasteiger partial charge in [0.25, 0.3) is 0 Å². The average Bonchev–Trinajstić information content (AvgIpc) is 2.27. The van der Waals surface area contributed by atoms with Gasteiger partial charge >= 0.3 is 0 Å². The van der Waals surface area contributed by atoms with Gasteiger partial charge in [0.05, 0.1) is 0 Å². The molecule has 2 aromatic carbocycles. The molecule has 15 heavy (non-hydrogen) atoms. The second-order valence-electron chi connectivity index (χ2n) is 4.41. The molecule has 2 rings (SSSR count). The lowest BCUT2D eigenvalue weighted by Gasteiger charge is -2.15. The summed E-state index contributed by atoms with van der Waals surface area (Å²) < 4.78 is 0. The molecule has 0 saturated heterocycles. The van der Waals surface area contributed by atoms with Crippen molar-refractivity contribution >= 4 is 10.8 Å². The first kappa shape index (κ1) is 10.2. The van der Waals surface area contributed by atoms with Gasteiger partial charge in [0.1, 0.15) is 0 Å². The Morgan fingerprint density at radius 3 is 2.27 bits per heavy atom. The third-order valence-electron chi connectivity index (χ3n) is 3.14. The van der Waals surface area contributed by atoms with Crippen LogP contribution >= 0.6 is 0 Å². The van der Waals surface area contributed by atoms with E-state index in [0.717, 1.165) is 0 Å². The average molecular weight is 197 g/mol. The summed E-state index contributed by atoms with van der Waals surface area (Å²) in [5.41, 5.74) is 1.41. The SMILES string of the molecule is C[C](C)C(C)c1ccc2ccccc2c1. The molecule has 1 unspecified atom stereocenters. The highest BCUT2D eigenvalue weighted by Crippen LogP contribution is 2.27. The van der Waals surface area contributed by atoms with Crippen LogP contribution in [0.3, 0.4) is 0 Å². The summed E-state index contributed by atoms with van der Waals surface area (Å²) in [5.74, 6) is 2.01. The van der Waals surface area contributed by atoms with Crippen LogP contribution in [0, 0.1) is 5.92 Å². The zero-order chi connectivity index (χ0) is 10.8. The van der Waals surface area contributed by atoms with E-state index >= 15 is 0 Å². The van der Waals surface area contributed by atoms with E-state index in [-0.39, 0.29) is 0 Å². The minimum Gasteiger partial charge on any atom is -0.0616 e. The molecule has 0 bridgehead atoms. The third kappa shape index (κ3) is 2.04. The van der Waals surface area contributed by atoms with E-state index in [1.54, 1.807) is 0 Å². The van der Waals surface area contributed by atoms with Crippen molar-refractivity contribution in [3.05, 3.63) is 53.9 Å². The number of benzene rings is 2. The predicted octanol–water partition coefficient (Wildman–Crippen LogP) is 4.56. The Bertz CT molecular complexity index is 454. The fourth-order valence-corrected chi connectivity index (χ4v) is 1.81. The van der Waals surface area contributed by atoms with Crippen molar-refractivity contribution in [1.29, 1.82) is 0 Å². The number of fused-ring (bicyclic) bond motifs is 1. The van der Waals surface area contributed by atoms with E-state index in [9.17, 15) is 0 Å². The minimum absolute atomic E-state index is 0.551. The highest BCUT2D eigenvalue weighted by molar-refractivity contribution is 5.83. The second kappa shape index (κ2) is 4.06. The summed E-state index contributed by atoms with van der Waals surface area (Å²) in [6, 6.07) is 15.3. The molecule has 0 fully saturated rings. The van der Waals surface area contributed by atoms with Gasteiger partial charge in [-0.05, 0) is 28.2 Å². The van der Waals surface area contributed by atoms with Crippen LogP contribution in [-0.2, 0) is 0 Å². The van der Waals surface area contributed by atoms with E-state index in [1.165, 1.54) is 22.3 Å². The van der Waals surface area contributed by atoms with Crippen LogP contribution in [0.4, 0.5) is 0 Å². The molecule has 0 saturated carbocycles. The van der Waals surface area contributed by atoms with Crippen molar-refractivity contribution in [1.82, 2.24) is 0 Å². The maximum Gasteiger partial charge on any atom is -0.0133 e. The number of rotatable bonds is 2. The Morgan fingerprint density at radius 1 is 0.933 bits per heavy atom. The fourth-order valence-electron chi connectivity index (χ4n) is 1.81. The van der Waals surface area contributed by atoms with Gasteiger partial charge in [-0.25, -0.2) is 0 Å². The highest BCUT2D eigenvalue weighted by atomic mass is 14.1. The van der Waals surface area contributed by atoms with Crippen LogP contribution in [0.2, 0.25) is 0 Å². The lowest BCUT2D eigenvalue weighted by atomic mass is 9.89. The molecular formula is C15H17. The van der Waals surface area contributed by atoms with Crippen molar-refractivity contribution in [2.45, 2.75) is 26.7 Å². The summed E-state index contributed by atoms with van der Waals surface area (Å²) in [6.45, 7) is 6.65. The van der Waals surface area contributed by atoms with Crippen molar-refractivity contribution in [2.75, 3.05) is 0 Å². The van der Waals surface area contributed by atoms with Crippen molar-refractivity contribution in [3.63, 3.8) is 0 Å². The first-order valence-electron chi connectivity index (χ1n) is 5.47. The molecule has 0 spiro atoms. The predicted molar refractivity (Wildman–Crippen MR) is 67.0 cm³/mol. The van der Waals surface area contributed by atoms with Crippen molar-refractivity contribution in [3.8, 4) is 0 Å². The number of hydrogen-bond donors (Lipinski definition) is 0. The Kier molecular flexibility index (Phi) is 2.77. The smallest absolute Gasteiger partial charge is 0.0133 e. The summed E-state index contributed by atoms with van der Waals surface area (Å²) in [7, 11) is 0. The maximum atomic E-state index is 2.30. The van der Waals surface area contributed by atoms with E-state index in [1.807, 2.05) is 0 Å².